The Hall–Kier alpha value is -1.35. The second-order valence-corrected chi connectivity index (χ2v) is 9.49. The molecular weight excluding hydrogens is 308 g/mol. The largest absolute Gasteiger partial charge is 0.271 e. The molecule has 1 amide bonds. The Labute approximate surface area is 151 Å². The third kappa shape index (κ3) is 2.38. The third-order valence-corrected chi connectivity index (χ3v) is 7.55. The van der Waals surface area contributed by atoms with Gasteiger partial charge in [0.1, 0.15) is 5.54 Å². The predicted octanol–water partition coefficient (Wildman–Crippen LogP) is 3.89. The highest BCUT2D eigenvalue weighted by Crippen LogP contribution is 2.56. The Balaban J connectivity index is 1.35. The van der Waals surface area contributed by atoms with Crippen LogP contribution in [0.1, 0.15) is 51.5 Å². The highest BCUT2D eigenvalue weighted by Gasteiger charge is 2.60. The van der Waals surface area contributed by atoms with E-state index in [2.05, 4.69) is 54.2 Å². The first-order chi connectivity index (χ1) is 12.0. The normalized spacial score (nSPS) is 38.9. The number of hydrogen-bond donors (Lipinski definition) is 0. The van der Waals surface area contributed by atoms with E-state index in [9.17, 15) is 4.79 Å². The van der Waals surface area contributed by atoms with Crippen molar-refractivity contribution >= 4 is 5.91 Å². The zero-order valence-electron chi connectivity index (χ0n) is 15.5. The Morgan fingerprint density at radius 2 is 1.56 bits per heavy atom. The molecular formula is C22H30N2O. The number of amides is 1. The Morgan fingerprint density at radius 1 is 0.960 bits per heavy atom. The van der Waals surface area contributed by atoms with Crippen molar-refractivity contribution in [1.82, 2.24) is 10.0 Å². The highest BCUT2D eigenvalue weighted by atomic mass is 16.2. The summed E-state index contributed by atoms with van der Waals surface area (Å²) in [6.45, 7) is 5.16. The molecule has 0 unspecified atom stereocenters. The quantitative estimate of drug-likeness (QED) is 0.831. The van der Waals surface area contributed by atoms with Crippen molar-refractivity contribution in [3.8, 4) is 0 Å². The van der Waals surface area contributed by atoms with Crippen LogP contribution in [0.2, 0.25) is 0 Å². The van der Waals surface area contributed by atoms with Crippen LogP contribution in [0.3, 0.4) is 0 Å². The molecule has 1 saturated heterocycles. The van der Waals surface area contributed by atoms with Crippen LogP contribution in [0.25, 0.3) is 0 Å². The van der Waals surface area contributed by atoms with E-state index in [4.69, 9.17) is 0 Å². The first kappa shape index (κ1) is 15.9. The number of carbonyl (C=O) groups is 1. The summed E-state index contributed by atoms with van der Waals surface area (Å²) in [5.41, 5.74) is 1.03. The molecule has 0 spiro atoms. The maximum Gasteiger partial charge on any atom is 0.258 e. The number of rotatable bonds is 4. The van der Waals surface area contributed by atoms with Crippen LogP contribution in [0.15, 0.2) is 30.3 Å². The van der Waals surface area contributed by atoms with Gasteiger partial charge in [0.25, 0.3) is 5.91 Å². The van der Waals surface area contributed by atoms with Gasteiger partial charge in [-0.1, -0.05) is 30.3 Å². The molecule has 1 aliphatic heterocycles. The van der Waals surface area contributed by atoms with E-state index in [1.807, 2.05) is 0 Å². The van der Waals surface area contributed by atoms with Gasteiger partial charge in [-0.15, -0.1) is 0 Å². The summed E-state index contributed by atoms with van der Waals surface area (Å²) in [6.07, 6.45) is 7.96. The smallest absolute Gasteiger partial charge is 0.258 e. The fourth-order valence-electron chi connectivity index (χ4n) is 6.58. The van der Waals surface area contributed by atoms with Crippen LogP contribution in [0.5, 0.6) is 0 Å². The summed E-state index contributed by atoms with van der Waals surface area (Å²) < 4.78 is 0. The summed E-state index contributed by atoms with van der Waals surface area (Å²) in [6, 6.07) is 11.2. The number of benzene rings is 1. The lowest BCUT2D eigenvalue weighted by atomic mass is 9.53. The lowest BCUT2D eigenvalue weighted by Gasteiger charge is -2.65. The first-order valence-corrected chi connectivity index (χ1v) is 10.2. The SMILES string of the molecule is CC1(C)C(=O)N(C2C3CC4CC(C3)CC2C4)N1CCc1ccccc1. The van der Waals surface area contributed by atoms with Gasteiger partial charge in [0.15, 0.2) is 0 Å². The fraction of sp³-hybridized carbons (Fsp3) is 0.682. The van der Waals surface area contributed by atoms with Crippen LogP contribution in [0.4, 0.5) is 0 Å². The second-order valence-electron chi connectivity index (χ2n) is 9.49. The number of hydrazine groups is 1. The summed E-state index contributed by atoms with van der Waals surface area (Å²) in [7, 11) is 0. The average Bonchev–Trinajstić information content (AvgIpc) is 2.59. The zero-order valence-corrected chi connectivity index (χ0v) is 15.5. The molecule has 4 aliphatic carbocycles. The zero-order chi connectivity index (χ0) is 17.2. The number of hydrogen-bond acceptors (Lipinski definition) is 2. The maximum absolute atomic E-state index is 13.0. The molecule has 4 bridgehead atoms. The molecule has 0 N–H and O–H groups in total. The monoisotopic (exact) mass is 338 g/mol. The van der Waals surface area contributed by atoms with Crippen LogP contribution in [-0.4, -0.2) is 34.1 Å². The van der Waals surface area contributed by atoms with Gasteiger partial charge in [-0.05, 0) is 81.6 Å². The van der Waals surface area contributed by atoms with Crippen LogP contribution in [-0.2, 0) is 11.2 Å². The van der Waals surface area contributed by atoms with Gasteiger partial charge in [0, 0.05) is 6.54 Å². The van der Waals surface area contributed by atoms with Crippen molar-refractivity contribution in [3.63, 3.8) is 0 Å². The van der Waals surface area contributed by atoms with Gasteiger partial charge in [-0.2, -0.15) is 0 Å². The van der Waals surface area contributed by atoms with Crippen LogP contribution >= 0.6 is 0 Å². The maximum atomic E-state index is 13.0. The summed E-state index contributed by atoms with van der Waals surface area (Å²) >= 11 is 0. The van der Waals surface area contributed by atoms with Crippen molar-refractivity contribution in [2.45, 2.75) is 64.0 Å². The van der Waals surface area contributed by atoms with Crippen molar-refractivity contribution in [2.75, 3.05) is 6.54 Å². The van der Waals surface area contributed by atoms with Gasteiger partial charge < -0.3 is 0 Å². The number of carbonyl (C=O) groups excluding carboxylic acids is 1. The molecule has 5 aliphatic rings. The minimum atomic E-state index is -0.330. The van der Waals surface area contributed by atoms with Gasteiger partial charge >= 0.3 is 0 Å². The van der Waals surface area contributed by atoms with Crippen molar-refractivity contribution in [3.05, 3.63) is 35.9 Å². The molecule has 25 heavy (non-hydrogen) atoms. The van der Waals surface area contributed by atoms with Crippen molar-refractivity contribution in [2.24, 2.45) is 23.7 Å². The molecule has 3 heteroatoms. The highest BCUT2D eigenvalue weighted by molar-refractivity contribution is 5.90. The van der Waals surface area contributed by atoms with E-state index in [1.165, 1.54) is 37.7 Å². The molecule has 5 fully saturated rings. The van der Waals surface area contributed by atoms with E-state index in [1.54, 1.807) is 0 Å². The van der Waals surface area contributed by atoms with Gasteiger partial charge in [0.2, 0.25) is 0 Å². The molecule has 0 aromatic heterocycles. The van der Waals surface area contributed by atoms with E-state index in [0.29, 0.717) is 11.9 Å². The summed E-state index contributed by atoms with van der Waals surface area (Å²) in [5.74, 6) is 3.80. The molecule has 0 atom stereocenters. The van der Waals surface area contributed by atoms with E-state index >= 15 is 0 Å². The summed E-state index contributed by atoms with van der Waals surface area (Å²) in [5, 5.41) is 4.62. The summed E-state index contributed by atoms with van der Waals surface area (Å²) in [4.78, 5) is 13.0. The standard InChI is InChI=1S/C22H30N2O/c1-22(2)21(25)24(23(22)9-8-15-6-4-3-5-7-15)20-18-11-16-10-17(13-18)14-19(20)12-16/h3-7,16-20H,8-14H2,1-2H3. The van der Waals surface area contributed by atoms with E-state index in [-0.39, 0.29) is 5.54 Å². The third-order valence-electron chi connectivity index (χ3n) is 7.55. The Morgan fingerprint density at radius 3 is 2.16 bits per heavy atom. The minimum absolute atomic E-state index is 0.330. The molecule has 1 heterocycles. The molecule has 0 radical (unpaired) electrons. The van der Waals surface area contributed by atoms with Crippen molar-refractivity contribution < 1.29 is 4.79 Å². The Kier molecular flexibility index (Phi) is 3.54. The number of nitrogens with zero attached hydrogens (tertiary/aromatic N) is 2. The lowest BCUT2D eigenvalue weighted by molar-refractivity contribution is -0.247. The van der Waals surface area contributed by atoms with Gasteiger partial charge in [-0.3, -0.25) is 9.80 Å². The molecule has 4 saturated carbocycles. The molecule has 134 valence electrons. The van der Waals surface area contributed by atoms with Crippen LogP contribution < -0.4 is 0 Å². The lowest BCUT2D eigenvalue weighted by Crippen LogP contribution is -2.79. The Bertz CT molecular complexity index is 640. The minimum Gasteiger partial charge on any atom is -0.271 e. The first-order valence-electron chi connectivity index (χ1n) is 10.2. The predicted molar refractivity (Wildman–Crippen MR) is 98.6 cm³/mol. The second kappa shape index (κ2) is 5.57. The molecule has 3 nitrogen and oxygen atoms in total. The van der Waals surface area contributed by atoms with Gasteiger partial charge in [0.05, 0.1) is 6.04 Å². The average molecular weight is 338 g/mol. The molecule has 1 aromatic carbocycles. The molecule has 1 aromatic rings. The van der Waals surface area contributed by atoms with Crippen molar-refractivity contribution in [1.29, 1.82) is 0 Å². The topological polar surface area (TPSA) is 23.6 Å². The van der Waals surface area contributed by atoms with Crippen LogP contribution in [0, 0.1) is 23.7 Å². The fourth-order valence-corrected chi connectivity index (χ4v) is 6.58. The van der Waals surface area contributed by atoms with E-state index in [0.717, 1.165) is 36.6 Å². The molecule has 6 rings (SSSR count). The van der Waals surface area contributed by atoms with Gasteiger partial charge in [-0.25, -0.2) is 5.01 Å². The van der Waals surface area contributed by atoms with E-state index < -0.39 is 0 Å².